The van der Waals surface area contributed by atoms with Crippen molar-refractivity contribution in [3.8, 4) is 17.2 Å². The predicted octanol–water partition coefficient (Wildman–Crippen LogP) is 4.30. The van der Waals surface area contributed by atoms with Gasteiger partial charge in [-0.3, -0.25) is 9.88 Å². The first-order valence-electron chi connectivity index (χ1n) is 11.7. The lowest BCUT2D eigenvalue weighted by Gasteiger charge is -2.26. The first-order valence-corrected chi connectivity index (χ1v) is 11.7. The van der Waals surface area contributed by atoms with E-state index in [1.54, 1.807) is 13.3 Å². The summed E-state index contributed by atoms with van der Waals surface area (Å²) >= 11 is 0. The van der Waals surface area contributed by atoms with E-state index < -0.39 is 0 Å². The van der Waals surface area contributed by atoms with Crippen LogP contribution in [-0.2, 0) is 17.9 Å². The first-order chi connectivity index (χ1) is 16.7. The normalized spacial score (nSPS) is 13.9. The molecule has 0 saturated carbocycles. The van der Waals surface area contributed by atoms with E-state index in [1.807, 2.05) is 48.7 Å². The third-order valence-corrected chi connectivity index (χ3v) is 5.81. The topological polar surface area (TPSA) is 65.1 Å². The number of pyridine rings is 1. The van der Waals surface area contributed by atoms with E-state index in [9.17, 15) is 0 Å². The summed E-state index contributed by atoms with van der Waals surface area (Å²) in [6.45, 7) is 8.29. The maximum Gasteiger partial charge on any atom is 0.161 e. The minimum atomic E-state index is 0.501. The van der Waals surface area contributed by atoms with E-state index in [1.165, 1.54) is 0 Å². The molecule has 1 saturated heterocycles. The molecule has 1 fully saturated rings. The Morgan fingerprint density at radius 3 is 2.65 bits per heavy atom. The second kappa shape index (κ2) is 12.3. The van der Waals surface area contributed by atoms with E-state index in [4.69, 9.17) is 18.9 Å². The van der Waals surface area contributed by atoms with Crippen LogP contribution in [0.15, 0.2) is 60.9 Å². The first kappa shape index (κ1) is 23.9. The minimum absolute atomic E-state index is 0.501. The number of anilines is 1. The van der Waals surface area contributed by atoms with Gasteiger partial charge in [-0.1, -0.05) is 12.1 Å². The van der Waals surface area contributed by atoms with Crippen LogP contribution >= 0.6 is 0 Å². The van der Waals surface area contributed by atoms with Crippen LogP contribution in [-0.4, -0.2) is 56.4 Å². The van der Waals surface area contributed by atoms with E-state index in [0.29, 0.717) is 19.8 Å². The number of nitrogens with one attached hydrogen (secondary N) is 1. The van der Waals surface area contributed by atoms with Crippen LogP contribution in [0.25, 0.3) is 0 Å². The Balaban J connectivity index is 1.28. The summed E-state index contributed by atoms with van der Waals surface area (Å²) in [4.78, 5) is 6.47. The number of methoxy groups -OCH3 is 1. The SMILES string of the molecule is COc1cc(CNc2ccc(OCc3cccnc3)cc2C)ccc1OCCN1CCOCC1. The highest BCUT2D eigenvalue weighted by Gasteiger charge is 2.11. The maximum absolute atomic E-state index is 5.99. The average Bonchev–Trinajstić information content (AvgIpc) is 2.88. The van der Waals surface area contributed by atoms with E-state index in [0.717, 1.165) is 72.5 Å². The smallest absolute Gasteiger partial charge is 0.161 e. The van der Waals surface area contributed by atoms with Gasteiger partial charge in [0.05, 0.1) is 20.3 Å². The fourth-order valence-corrected chi connectivity index (χ4v) is 3.82. The van der Waals surface area contributed by atoms with Gasteiger partial charge in [0.2, 0.25) is 0 Å². The van der Waals surface area contributed by atoms with Crippen molar-refractivity contribution < 1.29 is 18.9 Å². The third-order valence-electron chi connectivity index (χ3n) is 5.81. The summed E-state index contributed by atoms with van der Waals surface area (Å²) in [6.07, 6.45) is 3.58. The van der Waals surface area contributed by atoms with Crippen LogP contribution in [0.2, 0.25) is 0 Å². The van der Waals surface area contributed by atoms with Gasteiger partial charge in [0.25, 0.3) is 0 Å². The molecule has 1 aromatic heterocycles. The molecule has 0 bridgehead atoms. The number of benzene rings is 2. The number of aromatic nitrogens is 1. The molecule has 2 heterocycles. The Kier molecular flexibility index (Phi) is 8.60. The zero-order chi connectivity index (χ0) is 23.6. The van der Waals surface area contributed by atoms with E-state index in [2.05, 4.69) is 28.2 Å². The Morgan fingerprint density at radius 1 is 1.00 bits per heavy atom. The minimum Gasteiger partial charge on any atom is -0.493 e. The third kappa shape index (κ3) is 6.85. The number of morpholine rings is 1. The van der Waals surface area contributed by atoms with Gasteiger partial charge in [0.1, 0.15) is 19.0 Å². The number of ether oxygens (including phenoxy) is 4. The molecule has 0 spiro atoms. The van der Waals surface area contributed by atoms with Crippen LogP contribution in [0.3, 0.4) is 0 Å². The van der Waals surface area contributed by atoms with Crippen molar-refractivity contribution in [2.24, 2.45) is 0 Å². The zero-order valence-corrected chi connectivity index (χ0v) is 20.0. The van der Waals surface area contributed by atoms with E-state index in [-0.39, 0.29) is 0 Å². The van der Waals surface area contributed by atoms with Crippen LogP contribution in [0.1, 0.15) is 16.7 Å². The molecule has 0 radical (unpaired) electrons. The summed E-state index contributed by atoms with van der Waals surface area (Å²) in [5, 5.41) is 3.51. The second-order valence-corrected chi connectivity index (χ2v) is 8.27. The summed E-state index contributed by atoms with van der Waals surface area (Å²) in [5.74, 6) is 2.36. The molecule has 180 valence electrons. The molecule has 0 aliphatic carbocycles. The van der Waals surface area contributed by atoms with Crippen molar-refractivity contribution in [3.05, 3.63) is 77.6 Å². The highest BCUT2D eigenvalue weighted by atomic mass is 16.5. The number of hydrogen-bond acceptors (Lipinski definition) is 7. The molecule has 4 rings (SSSR count). The van der Waals surface area contributed by atoms with Crippen LogP contribution in [0.4, 0.5) is 5.69 Å². The molecule has 1 aliphatic rings. The molecule has 0 atom stereocenters. The van der Waals surface area contributed by atoms with E-state index >= 15 is 0 Å². The molecule has 0 amide bonds. The van der Waals surface area contributed by atoms with Gasteiger partial charge >= 0.3 is 0 Å². The standard InChI is InChI=1S/C27H33N3O4/c1-21-16-24(34-20-23-4-3-9-28-18-23)6-7-25(21)29-19-22-5-8-26(27(17-22)31-2)33-15-12-30-10-13-32-14-11-30/h3-9,16-18,29H,10-15,19-20H2,1-2H3. The van der Waals surface area contributed by atoms with Gasteiger partial charge in [-0.05, 0) is 54.4 Å². The van der Waals surface area contributed by atoms with Crippen molar-refractivity contribution >= 4 is 5.69 Å². The predicted molar refractivity (Wildman–Crippen MR) is 133 cm³/mol. The number of aryl methyl sites for hydroxylation is 1. The Bertz CT molecular complexity index is 1040. The quantitative estimate of drug-likeness (QED) is 0.455. The highest BCUT2D eigenvalue weighted by molar-refractivity contribution is 5.54. The molecule has 1 aliphatic heterocycles. The molecule has 34 heavy (non-hydrogen) atoms. The Hall–Kier alpha value is -3.29. The molecule has 0 unspecified atom stereocenters. The van der Waals surface area contributed by atoms with Crippen molar-refractivity contribution in [2.45, 2.75) is 20.1 Å². The maximum atomic E-state index is 5.99. The Morgan fingerprint density at radius 2 is 1.88 bits per heavy atom. The van der Waals surface area contributed by atoms with Crippen LogP contribution in [0.5, 0.6) is 17.2 Å². The highest BCUT2D eigenvalue weighted by Crippen LogP contribution is 2.29. The zero-order valence-electron chi connectivity index (χ0n) is 20.0. The van der Waals surface area contributed by atoms with Crippen molar-refractivity contribution in [1.82, 2.24) is 9.88 Å². The van der Waals surface area contributed by atoms with Gasteiger partial charge < -0.3 is 24.3 Å². The molecule has 7 heteroatoms. The molecular formula is C27H33N3O4. The van der Waals surface area contributed by atoms with Gasteiger partial charge in [-0.2, -0.15) is 0 Å². The van der Waals surface area contributed by atoms with Crippen molar-refractivity contribution in [3.63, 3.8) is 0 Å². The number of nitrogens with zero attached hydrogens (tertiary/aromatic N) is 2. The van der Waals surface area contributed by atoms with Gasteiger partial charge in [0, 0.05) is 49.8 Å². The summed E-state index contributed by atoms with van der Waals surface area (Å²) in [7, 11) is 1.68. The molecule has 2 aromatic carbocycles. The lowest BCUT2D eigenvalue weighted by Crippen LogP contribution is -2.38. The van der Waals surface area contributed by atoms with Crippen molar-refractivity contribution in [2.75, 3.05) is 51.9 Å². The van der Waals surface area contributed by atoms with Crippen LogP contribution in [0, 0.1) is 6.92 Å². The lowest BCUT2D eigenvalue weighted by atomic mass is 10.1. The van der Waals surface area contributed by atoms with Gasteiger partial charge in [0.15, 0.2) is 11.5 Å². The summed E-state index contributed by atoms with van der Waals surface area (Å²) in [5.41, 5.74) is 4.36. The molecule has 1 N–H and O–H groups in total. The monoisotopic (exact) mass is 463 g/mol. The van der Waals surface area contributed by atoms with Crippen molar-refractivity contribution in [1.29, 1.82) is 0 Å². The van der Waals surface area contributed by atoms with Gasteiger partial charge in [-0.15, -0.1) is 0 Å². The molecular weight excluding hydrogens is 430 g/mol. The Labute approximate surface area is 201 Å². The van der Waals surface area contributed by atoms with Crippen LogP contribution < -0.4 is 19.5 Å². The largest absolute Gasteiger partial charge is 0.493 e. The second-order valence-electron chi connectivity index (χ2n) is 8.27. The summed E-state index contributed by atoms with van der Waals surface area (Å²) < 4.78 is 22.9. The number of rotatable bonds is 11. The fourth-order valence-electron chi connectivity index (χ4n) is 3.82. The summed E-state index contributed by atoms with van der Waals surface area (Å²) in [6, 6.07) is 16.1. The average molecular weight is 464 g/mol. The van der Waals surface area contributed by atoms with Gasteiger partial charge in [-0.25, -0.2) is 0 Å². The number of hydrogen-bond donors (Lipinski definition) is 1. The molecule has 3 aromatic rings. The lowest BCUT2D eigenvalue weighted by molar-refractivity contribution is 0.0321. The molecule has 7 nitrogen and oxygen atoms in total. The fraction of sp³-hybridized carbons (Fsp3) is 0.370.